The van der Waals surface area contributed by atoms with Crippen LogP contribution in [0.1, 0.15) is 23.2 Å². The van der Waals surface area contributed by atoms with Gasteiger partial charge in [0.1, 0.15) is 0 Å². The largest absolute Gasteiger partial charge is 0.312 e. The highest BCUT2D eigenvalue weighted by Crippen LogP contribution is 2.28. The Morgan fingerprint density at radius 1 is 1.14 bits per heavy atom. The maximum absolute atomic E-state index is 13.1. The summed E-state index contributed by atoms with van der Waals surface area (Å²) in [6.07, 6.45) is 4.50. The summed E-state index contributed by atoms with van der Waals surface area (Å²) >= 11 is 1.59. The second-order valence-electron chi connectivity index (χ2n) is 7.33. The Morgan fingerprint density at radius 2 is 1.96 bits per heavy atom. The molecule has 0 unspecified atom stereocenters. The molecule has 2 aromatic heterocycles. The normalized spacial score (nSPS) is 13.7. The second-order valence-corrected chi connectivity index (χ2v) is 8.16. The highest BCUT2D eigenvalue weighted by Gasteiger charge is 2.23. The molecular weight excluding hydrogens is 366 g/mol. The highest BCUT2D eigenvalue weighted by atomic mass is 32.1. The van der Waals surface area contributed by atoms with Gasteiger partial charge in [-0.25, -0.2) is 4.98 Å². The summed E-state index contributed by atoms with van der Waals surface area (Å²) in [5.74, 6) is 0.150. The lowest BCUT2D eigenvalue weighted by Crippen LogP contribution is -2.36. The summed E-state index contributed by atoms with van der Waals surface area (Å²) in [5, 5.41) is 2.05. The summed E-state index contributed by atoms with van der Waals surface area (Å²) in [6.45, 7) is 2.87. The summed E-state index contributed by atoms with van der Waals surface area (Å²) in [7, 11) is 0. The predicted molar refractivity (Wildman–Crippen MR) is 114 cm³/mol. The number of aromatic nitrogens is 2. The average molecular weight is 388 g/mol. The molecule has 5 rings (SSSR count). The van der Waals surface area contributed by atoms with E-state index in [9.17, 15) is 4.79 Å². The van der Waals surface area contributed by atoms with E-state index in [2.05, 4.69) is 53.1 Å². The molecule has 1 amide bonds. The minimum Gasteiger partial charge on any atom is -0.312 e. The summed E-state index contributed by atoms with van der Waals surface area (Å²) in [6, 6.07) is 16.6. The first kappa shape index (κ1) is 17.2. The minimum absolute atomic E-state index is 0.150. The molecule has 0 atom stereocenters. The van der Waals surface area contributed by atoms with Crippen LogP contribution in [0.25, 0.3) is 16.2 Å². The molecule has 0 radical (unpaired) electrons. The molecule has 5 heteroatoms. The van der Waals surface area contributed by atoms with E-state index in [1.165, 1.54) is 11.1 Å². The van der Waals surface area contributed by atoms with Crippen molar-refractivity contribution in [1.82, 2.24) is 9.38 Å². The van der Waals surface area contributed by atoms with Gasteiger partial charge in [-0.15, -0.1) is 11.3 Å². The fourth-order valence-electron chi connectivity index (χ4n) is 3.86. The molecule has 4 aromatic rings. The zero-order valence-corrected chi connectivity index (χ0v) is 16.6. The van der Waals surface area contributed by atoms with Gasteiger partial charge >= 0.3 is 0 Å². The minimum atomic E-state index is 0.150. The van der Waals surface area contributed by atoms with Crippen LogP contribution < -0.4 is 4.90 Å². The molecule has 0 saturated heterocycles. The van der Waals surface area contributed by atoms with Crippen molar-refractivity contribution < 1.29 is 4.79 Å². The Balaban J connectivity index is 1.43. The molecule has 0 saturated carbocycles. The Kier molecular flexibility index (Phi) is 4.24. The van der Waals surface area contributed by atoms with Crippen molar-refractivity contribution in [3.63, 3.8) is 0 Å². The number of hydrogen-bond donors (Lipinski definition) is 0. The molecule has 0 spiro atoms. The van der Waals surface area contributed by atoms with E-state index in [0.717, 1.165) is 47.0 Å². The topological polar surface area (TPSA) is 37.6 Å². The van der Waals surface area contributed by atoms with Crippen molar-refractivity contribution in [2.24, 2.45) is 0 Å². The number of anilines is 1. The number of nitrogens with zero attached hydrogens (tertiary/aromatic N) is 3. The van der Waals surface area contributed by atoms with Crippen LogP contribution in [0.2, 0.25) is 0 Å². The van der Waals surface area contributed by atoms with Gasteiger partial charge in [-0.1, -0.05) is 48.0 Å². The van der Waals surface area contributed by atoms with Crippen LogP contribution in [0.15, 0.2) is 60.1 Å². The number of rotatable bonds is 3. The first-order valence-electron chi connectivity index (χ1n) is 9.60. The van der Waals surface area contributed by atoms with Crippen molar-refractivity contribution in [2.75, 3.05) is 11.4 Å². The maximum atomic E-state index is 13.1. The number of carbonyl (C=O) groups is 1. The third-order valence-corrected chi connectivity index (χ3v) is 6.26. The van der Waals surface area contributed by atoms with Gasteiger partial charge in [0.25, 0.3) is 0 Å². The zero-order chi connectivity index (χ0) is 19.1. The fourth-order valence-corrected chi connectivity index (χ4v) is 4.74. The standard InChI is InChI=1S/C23H21N3OS/c1-16-8-10-17(11-9-16)20-14-26-19(15-28-23(26)24-20)13-22(27)25-12-4-6-18-5-2-3-7-21(18)25/h2-3,5,7-11,14-15H,4,6,12-13H2,1H3. The third kappa shape index (κ3) is 3.02. The number of aryl methyl sites for hydroxylation is 2. The van der Waals surface area contributed by atoms with Crippen LogP contribution in [-0.4, -0.2) is 21.8 Å². The van der Waals surface area contributed by atoms with Crippen molar-refractivity contribution in [3.8, 4) is 11.3 Å². The molecule has 0 fully saturated rings. The molecule has 4 nitrogen and oxygen atoms in total. The van der Waals surface area contributed by atoms with E-state index in [-0.39, 0.29) is 5.91 Å². The lowest BCUT2D eigenvalue weighted by atomic mass is 10.0. The van der Waals surface area contributed by atoms with Crippen LogP contribution in [0.4, 0.5) is 5.69 Å². The molecule has 0 N–H and O–H groups in total. The maximum Gasteiger partial charge on any atom is 0.232 e. The van der Waals surface area contributed by atoms with Crippen molar-refractivity contribution >= 4 is 27.9 Å². The number of para-hydroxylation sites is 1. The molecule has 28 heavy (non-hydrogen) atoms. The Labute approximate surface area is 168 Å². The van der Waals surface area contributed by atoms with Gasteiger partial charge in [-0.3, -0.25) is 9.20 Å². The highest BCUT2D eigenvalue weighted by molar-refractivity contribution is 7.15. The van der Waals surface area contributed by atoms with Crippen LogP contribution in [0.5, 0.6) is 0 Å². The van der Waals surface area contributed by atoms with E-state index in [0.29, 0.717) is 6.42 Å². The molecule has 1 aliphatic heterocycles. The van der Waals surface area contributed by atoms with E-state index in [4.69, 9.17) is 4.98 Å². The van der Waals surface area contributed by atoms with Crippen molar-refractivity contribution in [1.29, 1.82) is 0 Å². The van der Waals surface area contributed by atoms with Gasteiger partial charge in [0.05, 0.1) is 12.1 Å². The SMILES string of the molecule is Cc1ccc(-c2cn3c(CC(=O)N4CCCc5ccccc54)csc3n2)cc1. The third-order valence-electron chi connectivity index (χ3n) is 5.37. The van der Waals surface area contributed by atoms with Gasteiger partial charge in [0.2, 0.25) is 5.91 Å². The lowest BCUT2D eigenvalue weighted by molar-refractivity contribution is -0.118. The molecule has 1 aliphatic rings. The first-order valence-corrected chi connectivity index (χ1v) is 10.5. The Hall–Kier alpha value is -2.92. The smallest absolute Gasteiger partial charge is 0.232 e. The number of benzene rings is 2. The number of fused-ring (bicyclic) bond motifs is 2. The van der Waals surface area contributed by atoms with Gasteiger partial charge in [-0.2, -0.15) is 0 Å². The molecular formula is C23H21N3OS. The Morgan fingerprint density at radius 3 is 2.82 bits per heavy atom. The van der Waals surface area contributed by atoms with E-state index in [1.807, 2.05) is 23.2 Å². The number of imidazole rings is 1. The van der Waals surface area contributed by atoms with Crippen LogP contribution in [0, 0.1) is 6.92 Å². The average Bonchev–Trinajstić information content (AvgIpc) is 3.30. The zero-order valence-electron chi connectivity index (χ0n) is 15.8. The van der Waals surface area contributed by atoms with E-state index < -0.39 is 0 Å². The van der Waals surface area contributed by atoms with Gasteiger partial charge in [-0.05, 0) is 31.4 Å². The number of thiazole rings is 1. The molecule has 140 valence electrons. The second kappa shape index (κ2) is 6.91. The van der Waals surface area contributed by atoms with Crippen LogP contribution in [0.3, 0.4) is 0 Å². The molecule has 0 aliphatic carbocycles. The molecule has 3 heterocycles. The number of carbonyl (C=O) groups excluding carboxylic acids is 1. The van der Waals surface area contributed by atoms with Gasteiger partial charge < -0.3 is 4.90 Å². The quantitative estimate of drug-likeness (QED) is 0.502. The van der Waals surface area contributed by atoms with Crippen molar-refractivity contribution in [2.45, 2.75) is 26.2 Å². The number of amides is 1. The van der Waals surface area contributed by atoms with E-state index in [1.54, 1.807) is 11.3 Å². The monoisotopic (exact) mass is 387 g/mol. The summed E-state index contributed by atoms with van der Waals surface area (Å²) in [5.41, 5.74) is 6.61. The summed E-state index contributed by atoms with van der Waals surface area (Å²) in [4.78, 5) is 20.7. The molecule has 2 aromatic carbocycles. The van der Waals surface area contributed by atoms with Gasteiger partial charge in [0, 0.05) is 35.1 Å². The molecule has 0 bridgehead atoms. The van der Waals surface area contributed by atoms with Crippen LogP contribution >= 0.6 is 11.3 Å². The predicted octanol–water partition coefficient (Wildman–Crippen LogP) is 4.89. The van der Waals surface area contributed by atoms with Crippen molar-refractivity contribution in [3.05, 3.63) is 76.9 Å². The number of hydrogen-bond acceptors (Lipinski definition) is 3. The van der Waals surface area contributed by atoms with E-state index >= 15 is 0 Å². The van der Waals surface area contributed by atoms with Crippen LogP contribution in [-0.2, 0) is 17.6 Å². The lowest BCUT2D eigenvalue weighted by Gasteiger charge is -2.29. The first-order chi connectivity index (χ1) is 13.7. The van der Waals surface area contributed by atoms with Gasteiger partial charge in [0.15, 0.2) is 4.96 Å². The fraction of sp³-hybridized carbons (Fsp3) is 0.217. The Bertz CT molecular complexity index is 1160. The summed E-state index contributed by atoms with van der Waals surface area (Å²) < 4.78 is 2.06.